The number of nitrogens with zero attached hydrogens (tertiary/aromatic N) is 1. The average Bonchev–Trinajstić information content (AvgIpc) is 2.14. The van der Waals surface area contributed by atoms with Gasteiger partial charge in [-0.3, -0.25) is 0 Å². The van der Waals surface area contributed by atoms with Gasteiger partial charge in [0.05, 0.1) is 6.26 Å². The van der Waals surface area contributed by atoms with Crippen LogP contribution >= 0.6 is 0 Å². The SMILES string of the molecule is CNCCC1CCCN(S(C)(=O)=O)C1. The van der Waals surface area contributed by atoms with Gasteiger partial charge in [0.15, 0.2) is 0 Å². The monoisotopic (exact) mass is 220 g/mol. The summed E-state index contributed by atoms with van der Waals surface area (Å²) in [6.07, 6.45) is 4.53. The van der Waals surface area contributed by atoms with Crippen LogP contribution in [0.5, 0.6) is 0 Å². The molecule has 1 N–H and O–H groups in total. The lowest BCUT2D eigenvalue weighted by Crippen LogP contribution is -2.39. The number of nitrogens with one attached hydrogen (secondary N) is 1. The first-order chi connectivity index (χ1) is 6.54. The van der Waals surface area contributed by atoms with Gasteiger partial charge in [-0.25, -0.2) is 12.7 Å². The van der Waals surface area contributed by atoms with Crippen LogP contribution in [0.2, 0.25) is 0 Å². The van der Waals surface area contributed by atoms with E-state index in [2.05, 4.69) is 5.32 Å². The van der Waals surface area contributed by atoms with Gasteiger partial charge in [0.1, 0.15) is 0 Å². The molecule has 0 bridgehead atoms. The zero-order valence-electron chi connectivity index (χ0n) is 8.99. The van der Waals surface area contributed by atoms with Crippen LogP contribution in [0.4, 0.5) is 0 Å². The molecule has 0 amide bonds. The Kier molecular flexibility index (Phi) is 4.34. The van der Waals surface area contributed by atoms with Crippen molar-refractivity contribution in [3.63, 3.8) is 0 Å². The topological polar surface area (TPSA) is 49.4 Å². The zero-order valence-corrected chi connectivity index (χ0v) is 9.81. The van der Waals surface area contributed by atoms with Crippen molar-refractivity contribution >= 4 is 10.0 Å². The normalized spacial score (nSPS) is 25.1. The van der Waals surface area contributed by atoms with Crippen molar-refractivity contribution in [2.45, 2.75) is 19.3 Å². The Morgan fingerprint density at radius 3 is 2.79 bits per heavy atom. The van der Waals surface area contributed by atoms with E-state index in [-0.39, 0.29) is 0 Å². The van der Waals surface area contributed by atoms with Crippen molar-refractivity contribution in [3.8, 4) is 0 Å². The Balaban J connectivity index is 2.44. The summed E-state index contributed by atoms with van der Waals surface area (Å²) in [6, 6.07) is 0. The summed E-state index contributed by atoms with van der Waals surface area (Å²) in [5, 5.41) is 3.10. The number of hydrogen-bond acceptors (Lipinski definition) is 3. The van der Waals surface area contributed by atoms with Gasteiger partial charge in [-0.1, -0.05) is 0 Å². The van der Waals surface area contributed by atoms with Gasteiger partial charge in [0.25, 0.3) is 0 Å². The van der Waals surface area contributed by atoms with Crippen LogP contribution in [0.1, 0.15) is 19.3 Å². The molecule has 0 aromatic heterocycles. The molecule has 4 nitrogen and oxygen atoms in total. The maximum atomic E-state index is 11.3. The molecule has 1 aliphatic heterocycles. The van der Waals surface area contributed by atoms with Crippen molar-refractivity contribution in [2.24, 2.45) is 5.92 Å². The number of piperidine rings is 1. The number of hydrogen-bond donors (Lipinski definition) is 1. The molecule has 0 radical (unpaired) electrons. The lowest BCUT2D eigenvalue weighted by Gasteiger charge is -2.30. The van der Waals surface area contributed by atoms with Gasteiger partial charge in [-0.05, 0) is 38.8 Å². The van der Waals surface area contributed by atoms with Crippen LogP contribution in [-0.2, 0) is 10.0 Å². The second-order valence-electron chi connectivity index (χ2n) is 4.02. The summed E-state index contributed by atoms with van der Waals surface area (Å²) < 4.78 is 24.2. The Hall–Kier alpha value is -0.130. The van der Waals surface area contributed by atoms with Crippen LogP contribution in [-0.4, -0.2) is 45.7 Å². The molecule has 1 aliphatic rings. The molecule has 84 valence electrons. The van der Waals surface area contributed by atoms with Crippen molar-refractivity contribution in [1.29, 1.82) is 0 Å². The molecule has 0 aliphatic carbocycles. The molecule has 1 heterocycles. The quantitative estimate of drug-likeness (QED) is 0.740. The Bertz CT molecular complexity index is 264. The molecule has 1 atom stereocenters. The smallest absolute Gasteiger partial charge is 0.211 e. The van der Waals surface area contributed by atoms with Gasteiger partial charge in [-0.2, -0.15) is 0 Å². The van der Waals surface area contributed by atoms with E-state index in [4.69, 9.17) is 0 Å². The van der Waals surface area contributed by atoms with Crippen LogP contribution in [0.15, 0.2) is 0 Å². The molecular formula is C9H20N2O2S. The van der Waals surface area contributed by atoms with E-state index in [0.29, 0.717) is 19.0 Å². The van der Waals surface area contributed by atoms with E-state index < -0.39 is 10.0 Å². The highest BCUT2D eigenvalue weighted by molar-refractivity contribution is 7.88. The molecule has 1 saturated heterocycles. The summed E-state index contributed by atoms with van der Waals surface area (Å²) in [5.41, 5.74) is 0. The maximum Gasteiger partial charge on any atom is 0.211 e. The fourth-order valence-electron chi connectivity index (χ4n) is 1.91. The van der Waals surface area contributed by atoms with Crippen molar-refractivity contribution in [3.05, 3.63) is 0 Å². The first-order valence-electron chi connectivity index (χ1n) is 5.13. The summed E-state index contributed by atoms with van der Waals surface area (Å²) in [6.45, 7) is 2.39. The standard InChI is InChI=1S/C9H20N2O2S/c1-10-6-5-9-4-3-7-11(8-9)14(2,12)13/h9-10H,3-8H2,1-2H3. The third-order valence-corrected chi connectivity index (χ3v) is 4.02. The lowest BCUT2D eigenvalue weighted by atomic mass is 9.96. The third-order valence-electron chi connectivity index (χ3n) is 2.75. The largest absolute Gasteiger partial charge is 0.320 e. The number of rotatable bonds is 4. The van der Waals surface area contributed by atoms with Gasteiger partial charge >= 0.3 is 0 Å². The van der Waals surface area contributed by atoms with E-state index in [0.717, 1.165) is 25.8 Å². The first kappa shape index (κ1) is 11.9. The highest BCUT2D eigenvalue weighted by atomic mass is 32.2. The van der Waals surface area contributed by atoms with Crippen molar-refractivity contribution in [2.75, 3.05) is 32.9 Å². The van der Waals surface area contributed by atoms with Crippen molar-refractivity contribution < 1.29 is 8.42 Å². The fraction of sp³-hybridized carbons (Fsp3) is 1.00. The van der Waals surface area contributed by atoms with Gasteiger partial charge in [0, 0.05) is 13.1 Å². The predicted molar refractivity (Wildman–Crippen MR) is 57.7 cm³/mol. The molecule has 1 rings (SSSR count). The average molecular weight is 220 g/mol. The van der Waals surface area contributed by atoms with Gasteiger partial charge < -0.3 is 5.32 Å². The summed E-state index contributed by atoms with van der Waals surface area (Å²) in [4.78, 5) is 0. The number of sulfonamides is 1. The van der Waals surface area contributed by atoms with Crippen LogP contribution in [0.25, 0.3) is 0 Å². The molecular weight excluding hydrogens is 200 g/mol. The summed E-state index contributed by atoms with van der Waals surface area (Å²) in [7, 11) is -1.04. The molecule has 0 saturated carbocycles. The molecule has 0 aromatic carbocycles. The Labute approximate surface area is 86.7 Å². The molecule has 5 heteroatoms. The molecule has 1 fully saturated rings. The predicted octanol–water partition coefficient (Wildman–Crippen LogP) is 0.267. The van der Waals surface area contributed by atoms with E-state index in [9.17, 15) is 8.42 Å². The first-order valence-corrected chi connectivity index (χ1v) is 6.98. The summed E-state index contributed by atoms with van der Waals surface area (Å²) >= 11 is 0. The maximum absolute atomic E-state index is 11.3. The van der Waals surface area contributed by atoms with E-state index in [1.165, 1.54) is 6.26 Å². The van der Waals surface area contributed by atoms with E-state index in [1.54, 1.807) is 4.31 Å². The molecule has 14 heavy (non-hydrogen) atoms. The third kappa shape index (κ3) is 3.55. The second-order valence-corrected chi connectivity index (χ2v) is 6.00. The second kappa shape index (κ2) is 5.09. The molecule has 1 unspecified atom stereocenters. The lowest BCUT2D eigenvalue weighted by molar-refractivity contribution is 0.256. The zero-order chi connectivity index (χ0) is 10.6. The minimum absolute atomic E-state index is 0.533. The van der Waals surface area contributed by atoms with Gasteiger partial charge in [0.2, 0.25) is 10.0 Å². The molecule has 0 aromatic rings. The Morgan fingerprint density at radius 2 is 2.21 bits per heavy atom. The van der Waals surface area contributed by atoms with E-state index in [1.807, 2.05) is 7.05 Å². The van der Waals surface area contributed by atoms with E-state index >= 15 is 0 Å². The highest BCUT2D eigenvalue weighted by Crippen LogP contribution is 2.20. The minimum atomic E-state index is -2.97. The van der Waals surface area contributed by atoms with Crippen molar-refractivity contribution in [1.82, 2.24) is 9.62 Å². The highest BCUT2D eigenvalue weighted by Gasteiger charge is 2.25. The van der Waals surface area contributed by atoms with Crippen LogP contribution in [0, 0.1) is 5.92 Å². The fourth-order valence-corrected chi connectivity index (χ4v) is 2.85. The Morgan fingerprint density at radius 1 is 1.50 bits per heavy atom. The molecule has 0 spiro atoms. The van der Waals surface area contributed by atoms with Gasteiger partial charge in [-0.15, -0.1) is 0 Å². The van der Waals surface area contributed by atoms with Crippen LogP contribution < -0.4 is 5.32 Å². The van der Waals surface area contributed by atoms with Crippen LogP contribution in [0.3, 0.4) is 0 Å². The minimum Gasteiger partial charge on any atom is -0.320 e. The summed E-state index contributed by atoms with van der Waals surface area (Å²) in [5.74, 6) is 0.533.